The molecule has 0 aromatic rings. The van der Waals surface area contributed by atoms with Crippen LogP contribution in [0.4, 0.5) is 0 Å². The molecular formula is C24H38Zn. The van der Waals surface area contributed by atoms with E-state index in [1.165, 1.54) is 0 Å². The van der Waals surface area contributed by atoms with Gasteiger partial charge in [-0.3, -0.25) is 0 Å². The average Bonchev–Trinajstić information content (AvgIpc) is 2.75. The third kappa shape index (κ3) is 3.09. The van der Waals surface area contributed by atoms with Gasteiger partial charge >= 0.3 is 165 Å². The second-order valence-electron chi connectivity index (χ2n) is 10.0. The topological polar surface area (TPSA) is 0 Å². The molecule has 0 bridgehead atoms. The summed E-state index contributed by atoms with van der Waals surface area (Å²) < 4.78 is 3.71. The van der Waals surface area contributed by atoms with Crippen LogP contribution in [0.25, 0.3) is 0 Å². The first-order valence-corrected chi connectivity index (χ1v) is 13.1. The Morgan fingerprint density at radius 1 is 0.600 bits per heavy atom. The van der Waals surface area contributed by atoms with E-state index in [4.69, 9.17) is 0 Å². The summed E-state index contributed by atoms with van der Waals surface area (Å²) >= 11 is -1.04. The summed E-state index contributed by atoms with van der Waals surface area (Å²) in [5, 5.41) is 0. The zero-order valence-corrected chi connectivity index (χ0v) is 21.8. The molecule has 0 nitrogen and oxygen atoms in total. The Balaban J connectivity index is 2.65. The molecule has 0 aromatic carbocycles. The van der Waals surface area contributed by atoms with Gasteiger partial charge in [0.25, 0.3) is 0 Å². The van der Waals surface area contributed by atoms with Gasteiger partial charge in [0.1, 0.15) is 0 Å². The minimum atomic E-state index is -1.04. The van der Waals surface area contributed by atoms with Crippen LogP contribution < -0.4 is 0 Å². The second-order valence-corrected chi connectivity index (χ2v) is 13.7. The van der Waals surface area contributed by atoms with Gasteiger partial charge in [-0.1, -0.05) is 0 Å². The molecule has 1 heteroatoms. The fourth-order valence-corrected chi connectivity index (χ4v) is 12.6. The van der Waals surface area contributed by atoms with Gasteiger partial charge in [0.15, 0.2) is 0 Å². The van der Waals surface area contributed by atoms with Gasteiger partial charge in [-0.2, -0.15) is 0 Å². The standard InChI is InChI=1S/2C12H19.Zn/c2*1-8(2)11-7-12(5,6)10(4)9(11)3;/h2*8H,1-6H3;. The predicted molar refractivity (Wildman–Crippen MR) is 108 cm³/mol. The van der Waals surface area contributed by atoms with E-state index in [0.29, 0.717) is 11.8 Å². The molecule has 0 unspecified atom stereocenters. The van der Waals surface area contributed by atoms with Gasteiger partial charge in [-0.15, -0.1) is 0 Å². The van der Waals surface area contributed by atoms with Crippen molar-refractivity contribution in [1.29, 1.82) is 0 Å². The zero-order valence-electron chi connectivity index (χ0n) is 18.9. The quantitative estimate of drug-likeness (QED) is 0.432. The third-order valence-electron chi connectivity index (χ3n) is 7.48. The molecule has 25 heavy (non-hydrogen) atoms. The van der Waals surface area contributed by atoms with Gasteiger partial charge in [-0.05, 0) is 0 Å². The van der Waals surface area contributed by atoms with Crippen molar-refractivity contribution in [2.24, 2.45) is 22.7 Å². The Hall–Kier alpha value is -0.417. The van der Waals surface area contributed by atoms with Crippen LogP contribution in [0.15, 0.2) is 41.8 Å². The van der Waals surface area contributed by atoms with E-state index in [1.807, 2.05) is 8.33 Å². The monoisotopic (exact) mass is 390 g/mol. The molecule has 0 saturated carbocycles. The van der Waals surface area contributed by atoms with E-state index in [0.717, 1.165) is 0 Å². The molecule has 2 aliphatic carbocycles. The summed E-state index contributed by atoms with van der Waals surface area (Å²) in [5.74, 6) is 1.28. The molecule has 0 N–H and O–H groups in total. The zero-order chi connectivity index (χ0) is 19.5. The van der Waals surface area contributed by atoms with Crippen molar-refractivity contribution in [3.05, 3.63) is 41.8 Å². The van der Waals surface area contributed by atoms with E-state index >= 15 is 0 Å². The minimum absolute atomic E-state index is 0.263. The molecule has 0 aromatic heterocycles. The summed E-state index contributed by atoms with van der Waals surface area (Å²) in [7, 11) is 0. The van der Waals surface area contributed by atoms with Crippen molar-refractivity contribution < 1.29 is 17.1 Å². The molecular weight excluding hydrogens is 354 g/mol. The average molecular weight is 392 g/mol. The molecule has 0 saturated heterocycles. The molecule has 0 heterocycles. The molecule has 0 spiro atoms. The fourth-order valence-electron chi connectivity index (χ4n) is 5.29. The summed E-state index contributed by atoms with van der Waals surface area (Å²) in [6.45, 7) is 29.0. The number of allylic oxidation sites excluding steroid dienone is 8. The molecule has 136 valence electrons. The molecule has 2 aliphatic rings. The third-order valence-corrected chi connectivity index (χ3v) is 14.3. The Morgan fingerprint density at radius 2 is 0.880 bits per heavy atom. The maximum atomic E-state index is 2.48. The number of rotatable bonds is 4. The van der Waals surface area contributed by atoms with Crippen molar-refractivity contribution in [2.45, 2.75) is 83.1 Å². The predicted octanol–water partition coefficient (Wildman–Crippen LogP) is 7.64. The number of hydrogen-bond acceptors (Lipinski definition) is 0. The molecule has 2 rings (SSSR count). The molecule has 0 atom stereocenters. The summed E-state index contributed by atoms with van der Waals surface area (Å²) in [6, 6.07) is 0. The van der Waals surface area contributed by atoms with Crippen LogP contribution in [-0.2, 0) is 17.1 Å². The first-order valence-electron chi connectivity index (χ1n) is 10.1. The molecule has 0 aliphatic heterocycles. The first kappa shape index (κ1) is 20.9. The van der Waals surface area contributed by atoms with Crippen molar-refractivity contribution in [3.63, 3.8) is 0 Å². The summed E-state index contributed by atoms with van der Waals surface area (Å²) in [5.41, 5.74) is 10.3. The van der Waals surface area contributed by atoms with Crippen LogP contribution >= 0.6 is 0 Å². The van der Waals surface area contributed by atoms with Gasteiger partial charge in [0.05, 0.1) is 0 Å². The van der Waals surface area contributed by atoms with Crippen LogP contribution in [0.3, 0.4) is 0 Å². The normalized spacial score (nSPS) is 23.0. The van der Waals surface area contributed by atoms with Crippen LogP contribution in [0.2, 0.25) is 0 Å². The van der Waals surface area contributed by atoms with Crippen molar-refractivity contribution >= 4 is 0 Å². The van der Waals surface area contributed by atoms with E-state index in [2.05, 4.69) is 83.1 Å². The van der Waals surface area contributed by atoms with Gasteiger partial charge in [-0.25, -0.2) is 0 Å². The Morgan fingerprint density at radius 3 is 1.12 bits per heavy atom. The summed E-state index contributed by atoms with van der Waals surface area (Å²) in [6.07, 6.45) is 0. The van der Waals surface area contributed by atoms with Crippen LogP contribution in [0.1, 0.15) is 83.1 Å². The first-order chi connectivity index (χ1) is 11.3. The summed E-state index contributed by atoms with van der Waals surface area (Å²) in [4.78, 5) is 0. The van der Waals surface area contributed by atoms with E-state index in [-0.39, 0.29) is 10.8 Å². The Bertz CT molecular complexity index is 653. The van der Waals surface area contributed by atoms with Crippen molar-refractivity contribution in [3.8, 4) is 0 Å². The van der Waals surface area contributed by atoms with Crippen LogP contribution in [0, 0.1) is 22.7 Å². The SMILES string of the molecule is CC1=C(C)C(C)(C)[C]([Zn][C]2=C(C(C)C)C(C)=C(C)C2(C)C)=C1C(C)C. The molecule has 0 radical (unpaired) electrons. The Kier molecular flexibility index (Phi) is 5.54. The van der Waals surface area contributed by atoms with Crippen LogP contribution in [-0.4, -0.2) is 0 Å². The molecule has 0 fully saturated rings. The van der Waals surface area contributed by atoms with Gasteiger partial charge in [0.2, 0.25) is 0 Å². The van der Waals surface area contributed by atoms with Gasteiger partial charge < -0.3 is 0 Å². The maximum absolute atomic E-state index is 2.48. The van der Waals surface area contributed by atoms with Gasteiger partial charge in [0, 0.05) is 0 Å². The fraction of sp³-hybridized carbons (Fsp3) is 0.667. The second kappa shape index (κ2) is 6.63. The number of hydrogen-bond donors (Lipinski definition) is 0. The van der Waals surface area contributed by atoms with E-state index < -0.39 is 17.1 Å². The molecule has 0 amide bonds. The van der Waals surface area contributed by atoms with Crippen molar-refractivity contribution in [1.82, 2.24) is 0 Å². The van der Waals surface area contributed by atoms with Crippen molar-refractivity contribution in [2.75, 3.05) is 0 Å². The van der Waals surface area contributed by atoms with E-state index in [9.17, 15) is 0 Å². The van der Waals surface area contributed by atoms with E-state index in [1.54, 1.807) is 33.4 Å². The van der Waals surface area contributed by atoms with Crippen LogP contribution in [0.5, 0.6) is 0 Å². The Labute approximate surface area is 164 Å².